The summed E-state index contributed by atoms with van der Waals surface area (Å²) in [6.07, 6.45) is -1.34. The number of aliphatic carboxylic acids is 1. The van der Waals surface area contributed by atoms with Crippen LogP contribution in [0.25, 0.3) is 0 Å². The van der Waals surface area contributed by atoms with Gasteiger partial charge in [-0.1, -0.05) is 6.42 Å². The van der Waals surface area contributed by atoms with Crippen molar-refractivity contribution in [1.82, 2.24) is 10.6 Å². The van der Waals surface area contributed by atoms with Crippen LogP contribution in [0.15, 0.2) is 18.2 Å². The number of carbonyl (C=O) groups excluding carboxylic acids is 1. The first-order valence-corrected chi connectivity index (χ1v) is 9.40. The molecule has 2 rings (SSSR count). The SMILES string of the molecule is CC(=O)O.O=C(NCC1CCCCN1)c1cc(OCC(F)(F)F)ccc1OCCO. The van der Waals surface area contributed by atoms with Crippen LogP contribution in [-0.4, -0.2) is 67.2 Å². The number of amides is 1. The Kier molecular flexibility index (Phi) is 11.0. The van der Waals surface area contributed by atoms with Crippen molar-refractivity contribution in [2.24, 2.45) is 0 Å². The van der Waals surface area contributed by atoms with E-state index >= 15 is 0 Å². The van der Waals surface area contributed by atoms with Gasteiger partial charge in [-0.05, 0) is 37.6 Å². The molecule has 11 heteroatoms. The standard InChI is InChI=1S/C17H23F3N2O4.C2H4O2/c18-17(19,20)11-26-13-4-5-15(25-8-7-23)14(9-13)16(24)22-10-12-3-1-2-6-21-12;1-2(3)4/h4-5,9,12,21,23H,1-3,6-8,10-11H2,(H,22,24);1H3,(H,3,4). The average molecular weight is 436 g/mol. The minimum Gasteiger partial charge on any atom is -0.490 e. The summed E-state index contributed by atoms with van der Waals surface area (Å²) in [5.41, 5.74) is 0.0638. The predicted molar refractivity (Wildman–Crippen MR) is 102 cm³/mol. The number of alkyl halides is 3. The summed E-state index contributed by atoms with van der Waals surface area (Å²) in [5.74, 6) is -1.21. The van der Waals surface area contributed by atoms with Gasteiger partial charge in [0.1, 0.15) is 18.1 Å². The third kappa shape index (κ3) is 10.9. The maximum Gasteiger partial charge on any atom is 0.422 e. The fourth-order valence-corrected chi connectivity index (χ4v) is 2.63. The van der Waals surface area contributed by atoms with Crippen molar-refractivity contribution in [3.8, 4) is 11.5 Å². The molecule has 1 saturated heterocycles. The Balaban J connectivity index is 0.00000103. The van der Waals surface area contributed by atoms with Crippen LogP contribution in [0.5, 0.6) is 11.5 Å². The van der Waals surface area contributed by atoms with Crippen LogP contribution in [0, 0.1) is 0 Å². The van der Waals surface area contributed by atoms with E-state index in [1.807, 2.05) is 0 Å². The van der Waals surface area contributed by atoms with Crippen LogP contribution in [-0.2, 0) is 4.79 Å². The van der Waals surface area contributed by atoms with Gasteiger partial charge in [0.15, 0.2) is 6.61 Å². The van der Waals surface area contributed by atoms with E-state index in [-0.39, 0.29) is 36.3 Å². The lowest BCUT2D eigenvalue weighted by atomic mass is 10.0. The third-order valence-electron chi connectivity index (χ3n) is 3.87. The first kappa shape index (κ1) is 25.5. The van der Waals surface area contributed by atoms with Gasteiger partial charge in [-0.15, -0.1) is 0 Å². The molecule has 4 N–H and O–H groups in total. The fraction of sp³-hybridized carbons (Fsp3) is 0.579. The van der Waals surface area contributed by atoms with Crippen molar-refractivity contribution in [2.75, 3.05) is 32.9 Å². The lowest BCUT2D eigenvalue weighted by Crippen LogP contribution is -2.43. The molecule has 1 aromatic carbocycles. The van der Waals surface area contributed by atoms with E-state index in [9.17, 15) is 18.0 Å². The summed E-state index contributed by atoms with van der Waals surface area (Å²) in [5, 5.41) is 22.3. The number of carboxylic acids is 1. The summed E-state index contributed by atoms with van der Waals surface area (Å²) in [4.78, 5) is 21.5. The number of halogens is 3. The van der Waals surface area contributed by atoms with Crippen molar-refractivity contribution >= 4 is 11.9 Å². The van der Waals surface area contributed by atoms with Gasteiger partial charge in [-0.2, -0.15) is 13.2 Å². The number of aliphatic hydroxyl groups excluding tert-OH is 1. The van der Waals surface area contributed by atoms with Crippen molar-refractivity contribution in [2.45, 2.75) is 38.4 Å². The van der Waals surface area contributed by atoms with Gasteiger partial charge < -0.3 is 30.3 Å². The monoisotopic (exact) mass is 436 g/mol. The Morgan fingerprint density at radius 3 is 2.53 bits per heavy atom. The fourth-order valence-electron chi connectivity index (χ4n) is 2.63. The van der Waals surface area contributed by atoms with Crippen molar-refractivity contribution in [3.63, 3.8) is 0 Å². The van der Waals surface area contributed by atoms with Gasteiger partial charge in [0.05, 0.1) is 12.2 Å². The second-order valence-electron chi connectivity index (χ2n) is 6.51. The van der Waals surface area contributed by atoms with E-state index < -0.39 is 24.7 Å². The summed E-state index contributed by atoms with van der Waals surface area (Å²) < 4.78 is 46.9. The number of hydrogen-bond acceptors (Lipinski definition) is 6. The predicted octanol–water partition coefficient (Wildman–Crippen LogP) is 1.96. The van der Waals surface area contributed by atoms with Gasteiger partial charge in [0, 0.05) is 19.5 Å². The molecule has 1 atom stereocenters. The number of benzene rings is 1. The molecule has 30 heavy (non-hydrogen) atoms. The average Bonchev–Trinajstić information content (AvgIpc) is 2.69. The lowest BCUT2D eigenvalue weighted by Gasteiger charge is -2.23. The molecule has 1 aromatic rings. The molecule has 1 aliphatic rings. The molecular formula is C19H27F3N2O6. The molecule has 1 unspecified atom stereocenters. The summed E-state index contributed by atoms with van der Waals surface area (Å²) >= 11 is 0. The van der Waals surface area contributed by atoms with E-state index in [1.165, 1.54) is 18.2 Å². The zero-order valence-corrected chi connectivity index (χ0v) is 16.6. The van der Waals surface area contributed by atoms with E-state index in [0.29, 0.717) is 6.54 Å². The zero-order valence-electron chi connectivity index (χ0n) is 16.6. The Hall–Kier alpha value is -2.53. The topological polar surface area (TPSA) is 117 Å². The Labute approximate surface area is 172 Å². The maximum atomic E-state index is 12.5. The highest BCUT2D eigenvalue weighted by atomic mass is 19.4. The Morgan fingerprint density at radius 1 is 1.27 bits per heavy atom. The van der Waals surface area contributed by atoms with Gasteiger partial charge in [-0.3, -0.25) is 9.59 Å². The van der Waals surface area contributed by atoms with Crippen LogP contribution in [0.4, 0.5) is 13.2 Å². The van der Waals surface area contributed by atoms with Crippen molar-refractivity contribution in [1.29, 1.82) is 0 Å². The van der Waals surface area contributed by atoms with Gasteiger partial charge in [-0.25, -0.2) is 0 Å². The van der Waals surface area contributed by atoms with Crippen molar-refractivity contribution < 1.29 is 42.4 Å². The molecule has 170 valence electrons. The first-order chi connectivity index (χ1) is 14.1. The van der Waals surface area contributed by atoms with Crippen LogP contribution in [0.1, 0.15) is 36.5 Å². The molecule has 0 aliphatic carbocycles. The van der Waals surface area contributed by atoms with E-state index in [0.717, 1.165) is 32.7 Å². The number of aliphatic hydroxyl groups is 1. The third-order valence-corrected chi connectivity index (χ3v) is 3.87. The summed E-state index contributed by atoms with van der Waals surface area (Å²) in [6, 6.07) is 4.02. The number of piperidine rings is 1. The molecule has 0 aromatic heterocycles. The number of rotatable bonds is 8. The minimum absolute atomic E-state index is 0.0345. The number of carboxylic acid groups (broad SMARTS) is 1. The van der Waals surface area contributed by atoms with Crippen LogP contribution in [0.2, 0.25) is 0 Å². The molecule has 0 bridgehead atoms. The molecule has 0 radical (unpaired) electrons. The Morgan fingerprint density at radius 2 is 1.97 bits per heavy atom. The van der Waals surface area contributed by atoms with E-state index in [1.54, 1.807) is 0 Å². The minimum atomic E-state index is -4.47. The Bertz CT molecular complexity index is 675. The maximum absolute atomic E-state index is 12.5. The van der Waals surface area contributed by atoms with Crippen LogP contribution < -0.4 is 20.1 Å². The van der Waals surface area contributed by atoms with Crippen LogP contribution in [0.3, 0.4) is 0 Å². The highest BCUT2D eigenvalue weighted by molar-refractivity contribution is 5.97. The van der Waals surface area contributed by atoms with Crippen LogP contribution >= 0.6 is 0 Å². The second kappa shape index (κ2) is 12.9. The van der Waals surface area contributed by atoms with Gasteiger partial charge in [0.2, 0.25) is 0 Å². The number of ether oxygens (including phenoxy) is 2. The molecule has 8 nitrogen and oxygen atoms in total. The lowest BCUT2D eigenvalue weighted by molar-refractivity contribution is -0.153. The molecular weight excluding hydrogens is 409 g/mol. The highest BCUT2D eigenvalue weighted by Crippen LogP contribution is 2.26. The van der Waals surface area contributed by atoms with Gasteiger partial charge >= 0.3 is 6.18 Å². The molecule has 0 spiro atoms. The van der Waals surface area contributed by atoms with E-state index in [2.05, 4.69) is 10.6 Å². The summed E-state index contributed by atoms with van der Waals surface area (Å²) in [6.45, 7) is 0.654. The number of nitrogens with one attached hydrogen (secondary N) is 2. The number of hydrogen-bond donors (Lipinski definition) is 4. The molecule has 1 fully saturated rings. The smallest absolute Gasteiger partial charge is 0.422 e. The largest absolute Gasteiger partial charge is 0.490 e. The molecule has 1 amide bonds. The quantitative estimate of drug-likeness (QED) is 0.492. The van der Waals surface area contributed by atoms with Crippen molar-refractivity contribution in [3.05, 3.63) is 23.8 Å². The number of carbonyl (C=O) groups is 2. The molecule has 1 aliphatic heterocycles. The second-order valence-corrected chi connectivity index (χ2v) is 6.51. The van der Waals surface area contributed by atoms with Gasteiger partial charge in [0.25, 0.3) is 11.9 Å². The molecule has 1 heterocycles. The highest BCUT2D eigenvalue weighted by Gasteiger charge is 2.28. The summed E-state index contributed by atoms with van der Waals surface area (Å²) in [7, 11) is 0. The zero-order chi connectivity index (χ0) is 22.6. The normalized spacial score (nSPS) is 16.1. The molecule has 0 saturated carbocycles. The van der Waals surface area contributed by atoms with E-state index in [4.69, 9.17) is 24.5 Å². The first-order valence-electron chi connectivity index (χ1n) is 9.40.